The summed E-state index contributed by atoms with van der Waals surface area (Å²) in [4.78, 5) is 142. The van der Waals surface area contributed by atoms with Crippen LogP contribution in [0.15, 0.2) is 0 Å². The number of carbonyl (C=O) groups excluding carboxylic acids is 12. The third-order valence-corrected chi connectivity index (χ3v) is 7.13. The lowest BCUT2D eigenvalue weighted by molar-refractivity contribution is 0.104. The van der Waals surface area contributed by atoms with Gasteiger partial charge in [0.2, 0.25) is 10.2 Å². The first kappa shape index (κ1) is 29.4. The first-order valence-corrected chi connectivity index (χ1v) is 11.9. The Morgan fingerprint density at radius 2 is 0.474 bits per heavy atom. The number of rotatable bonds is 12. The SMILES string of the molecule is O=Cc1c(C=O)c(C=O)c(C(=O)SSC(=O)c2c(C=O)c(C=O)c(C=O)c(C=O)c2C=O)c(C=O)c1C=O. The van der Waals surface area contributed by atoms with Gasteiger partial charge in [-0.3, -0.25) is 57.5 Å². The highest BCUT2D eigenvalue weighted by Gasteiger charge is 2.30. The van der Waals surface area contributed by atoms with Crippen molar-refractivity contribution in [1.82, 2.24) is 0 Å². The number of hydrogen-bond acceptors (Lipinski definition) is 14. The summed E-state index contributed by atoms with van der Waals surface area (Å²) in [5.41, 5.74) is -8.31. The summed E-state index contributed by atoms with van der Waals surface area (Å²) in [6.45, 7) is 0. The van der Waals surface area contributed by atoms with E-state index in [9.17, 15) is 57.5 Å². The average Bonchev–Trinajstić information content (AvgIpc) is 2.95. The van der Waals surface area contributed by atoms with Gasteiger partial charge in [-0.25, -0.2) is 0 Å². The largest absolute Gasteiger partial charge is 0.298 e. The first-order chi connectivity index (χ1) is 18.3. The van der Waals surface area contributed by atoms with Crippen molar-refractivity contribution in [3.63, 3.8) is 0 Å². The van der Waals surface area contributed by atoms with Gasteiger partial charge in [0.15, 0.2) is 62.9 Å². The molecule has 190 valence electrons. The third kappa shape index (κ3) is 4.89. The van der Waals surface area contributed by atoms with Crippen molar-refractivity contribution in [2.75, 3.05) is 0 Å². The molecule has 2 aromatic rings. The number of benzene rings is 2. The van der Waals surface area contributed by atoms with Crippen LogP contribution in [0.4, 0.5) is 0 Å². The van der Waals surface area contributed by atoms with E-state index in [1.807, 2.05) is 0 Å². The molecule has 0 aliphatic rings. The van der Waals surface area contributed by atoms with Crippen LogP contribution in [0.25, 0.3) is 0 Å². The summed E-state index contributed by atoms with van der Waals surface area (Å²) in [5.74, 6) is 0. The molecule has 0 N–H and O–H groups in total. The Bertz CT molecular complexity index is 1290. The van der Waals surface area contributed by atoms with Crippen LogP contribution >= 0.6 is 21.6 Å². The van der Waals surface area contributed by atoms with E-state index >= 15 is 0 Å². The van der Waals surface area contributed by atoms with Gasteiger partial charge in [-0.15, -0.1) is 0 Å². The van der Waals surface area contributed by atoms with Gasteiger partial charge in [-0.05, 0) is 21.6 Å². The van der Waals surface area contributed by atoms with Crippen LogP contribution in [-0.4, -0.2) is 73.1 Å². The van der Waals surface area contributed by atoms with E-state index in [2.05, 4.69) is 0 Å². The van der Waals surface area contributed by atoms with Gasteiger partial charge in [0.1, 0.15) is 0 Å². The summed E-state index contributed by atoms with van der Waals surface area (Å²) < 4.78 is 0. The molecule has 0 aromatic heterocycles. The van der Waals surface area contributed by atoms with Crippen LogP contribution in [0.3, 0.4) is 0 Å². The van der Waals surface area contributed by atoms with Gasteiger partial charge in [-0.2, -0.15) is 0 Å². The Morgan fingerprint density at radius 1 is 0.316 bits per heavy atom. The summed E-state index contributed by atoms with van der Waals surface area (Å²) in [6, 6.07) is 0. The Hall–Kier alpha value is -4.82. The van der Waals surface area contributed by atoms with Crippen LogP contribution < -0.4 is 0 Å². The molecule has 0 radical (unpaired) electrons. The summed E-state index contributed by atoms with van der Waals surface area (Å²) in [6.07, 6.45) is 0.0560. The molecule has 0 saturated carbocycles. The zero-order valence-corrected chi connectivity index (χ0v) is 20.1. The molecule has 14 heteroatoms. The highest BCUT2D eigenvalue weighted by atomic mass is 33.1. The molecule has 0 heterocycles. The second-order valence-corrected chi connectivity index (χ2v) is 8.88. The highest BCUT2D eigenvalue weighted by molar-refractivity contribution is 8.87. The number of hydrogen-bond donors (Lipinski definition) is 0. The van der Waals surface area contributed by atoms with E-state index in [1.165, 1.54) is 0 Å². The maximum Gasteiger partial charge on any atom is 0.231 e. The molecule has 0 saturated heterocycles. The maximum absolute atomic E-state index is 13.0. The van der Waals surface area contributed by atoms with E-state index in [0.29, 0.717) is 0 Å². The fourth-order valence-corrected chi connectivity index (χ4v) is 5.26. The van der Waals surface area contributed by atoms with Crippen molar-refractivity contribution >= 4 is 94.7 Å². The third-order valence-electron chi connectivity index (χ3n) is 5.18. The molecule has 12 nitrogen and oxygen atoms in total. The minimum Gasteiger partial charge on any atom is -0.298 e. The predicted molar refractivity (Wildman–Crippen MR) is 131 cm³/mol. The average molecular weight is 554 g/mol. The Morgan fingerprint density at radius 3 is 0.632 bits per heavy atom. The van der Waals surface area contributed by atoms with E-state index in [0.717, 1.165) is 0 Å². The molecule has 0 fully saturated rings. The zero-order chi connectivity index (χ0) is 28.6. The van der Waals surface area contributed by atoms with Gasteiger partial charge in [-0.1, -0.05) is 0 Å². The van der Waals surface area contributed by atoms with Crippen molar-refractivity contribution in [1.29, 1.82) is 0 Å². The molecule has 2 rings (SSSR count). The minimum atomic E-state index is -1.23. The molecule has 0 bridgehead atoms. The van der Waals surface area contributed by atoms with Crippen LogP contribution in [0.2, 0.25) is 0 Å². The van der Waals surface area contributed by atoms with E-state index < -0.39 is 77.0 Å². The number of aldehydes is 10. The second-order valence-electron chi connectivity index (χ2n) is 6.81. The molecule has 2 aromatic carbocycles. The lowest BCUT2D eigenvalue weighted by atomic mass is 9.89. The Balaban J connectivity index is 2.72. The zero-order valence-electron chi connectivity index (χ0n) is 18.5. The van der Waals surface area contributed by atoms with Gasteiger partial charge in [0.25, 0.3) is 0 Å². The fraction of sp³-hybridized carbons (Fsp3) is 0. The van der Waals surface area contributed by atoms with Crippen LogP contribution in [0.5, 0.6) is 0 Å². The van der Waals surface area contributed by atoms with Crippen LogP contribution in [-0.2, 0) is 0 Å². The molecule has 0 spiro atoms. The van der Waals surface area contributed by atoms with Gasteiger partial charge < -0.3 is 0 Å². The highest BCUT2D eigenvalue weighted by Crippen LogP contribution is 2.36. The van der Waals surface area contributed by atoms with Crippen molar-refractivity contribution < 1.29 is 57.5 Å². The molecule has 38 heavy (non-hydrogen) atoms. The summed E-state index contributed by atoms with van der Waals surface area (Å²) in [5, 5.41) is -2.46. The van der Waals surface area contributed by atoms with Gasteiger partial charge in [0, 0.05) is 55.6 Å². The van der Waals surface area contributed by atoms with Crippen LogP contribution in [0, 0.1) is 0 Å². The first-order valence-electron chi connectivity index (χ1n) is 9.73. The normalized spacial score (nSPS) is 10.0. The van der Waals surface area contributed by atoms with Crippen molar-refractivity contribution in [2.45, 2.75) is 0 Å². The molecule has 0 amide bonds. The lowest BCUT2D eigenvalue weighted by Gasteiger charge is -2.15. The minimum absolute atomic E-state index is 0.0119. The van der Waals surface area contributed by atoms with E-state index in [-0.39, 0.29) is 84.4 Å². The van der Waals surface area contributed by atoms with Crippen molar-refractivity contribution in [3.05, 3.63) is 66.8 Å². The van der Waals surface area contributed by atoms with E-state index in [1.54, 1.807) is 0 Å². The predicted octanol–water partition coefficient (Wildman–Crippen LogP) is 2.17. The second kappa shape index (κ2) is 12.9. The lowest BCUT2D eigenvalue weighted by Crippen LogP contribution is -2.16. The molecule has 0 aliphatic carbocycles. The molecular formula is C24H10O12S2. The molecule has 0 atom stereocenters. The fourth-order valence-electron chi connectivity index (χ4n) is 3.55. The molecule has 0 unspecified atom stereocenters. The van der Waals surface area contributed by atoms with Crippen molar-refractivity contribution in [3.8, 4) is 0 Å². The smallest absolute Gasteiger partial charge is 0.231 e. The Kier molecular flexibility index (Phi) is 10.0. The molecule has 0 aliphatic heterocycles. The standard InChI is InChI=1S/C24H10O12S2/c25-1-11-13(3-27)17(7-31)21(18(8-32)14(11)4-28)23(35)37-38-24(36)22-19(9-33)15(5-29)12(2-26)16(6-30)20(22)10-34/h1-10H. The maximum atomic E-state index is 13.0. The van der Waals surface area contributed by atoms with Gasteiger partial charge in [0.05, 0.1) is 11.1 Å². The van der Waals surface area contributed by atoms with Crippen molar-refractivity contribution in [2.24, 2.45) is 0 Å². The molecular weight excluding hydrogens is 544 g/mol. The quantitative estimate of drug-likeness (QED) is 0.272. The monoisotopic (exact) mass is 554 g/mol. The van der Waals surface area contributed by atoms with Crippen LogP contribution in [0.1, 0.15) is 124 Å². The summed E-state index contributed by atoms with van der Waals surface area (Å²) >= 11 is 0. The Labute approximate surface area is 218 Å². The summed E-state index contributed by atoms with van der Waals surface area (Å²) in [7, 11) is 0.0616. The van der Waals surface area contributed by atoms with Gasteiger partial charge >= 0.3 is 0 Å². The number of carbonyl (C=O) groups is 12. The topological polar surface area (TPSA) is 205 Å². The van der Waals surface area contributed by atoms with E-state index in [4.69, 9.17) is 0 Å².